The molecule has 6 nitrogen and oxygen atoms in total. The second-order valence-corrected chi connectivity index (χ2v) is 7.23. The zero-order valence-electron chi connectivity index (χ0n) is 15.7. The summed E-state index contributed by atoms with van der Waals surface area (Å²) in [6, 6.07) is 4.79. The molecule has 1 aromatic carbocycles. The molecule has 9 heteroatoms. The Morgan fingerprint density at radius 3 is 2.25 bits per heavy atom. The molecule has 0 unspecified atom stereocenters. The fourth-order valence-corrected chi connectivity index (χ4v) is 3.34. The number of nitrogens with zero attached hydrogens (tertiary/aromatic N) is 2. The van der Waals surface area contributed by atoms with Crippen molar-refractivity contribution in [2.45, 2.75) is 50.5 Å². The number of urea groups is 1. The van der Waals surface area contributed by atoms with Crippen molar-refractivity contribution in [2.24, 2.45) is 0 Å². The molecule has 0 spiro atoms. The number of alkyl halides is 3. The third kappa shape index (κ3) is 5.08. The number of piperidine rings is 1. The van der Waals surface area contributed by atoms with E-state index in [1.165, 1.54) is 19.2 Å². The molecule has 1 aromatic rings. The number of methoxy groups -OCH3 is 1. The van der Waals surface area contributed by atoms with Crippen LogP contribution in [0.1, 0.15) is 36.8 Å². The van der Waals surface area contributed by atoms with Crippen LogP contribution in [-0.2, 0) is 17.5 Å². The minimum Gasteiger partial charge on any atom is -0.453 e. The summed E-state index contributed by atoms with van der Waals surface area (Å²) < 4.78 is 42.8. The topological polar surface area (TPSA) is 61.9 Å². The van der Waals surface area contributed by atoms with Gasteiger partial charge in [0.05, 0.1) is 12.7 Å². The van der Waals surface area contributed by atoms with Crippen LogP contribution in [0.5, 0.6) is 0 Å². The van der Waals surface area contributed by atoms with Gasteiger partial charge in [-0.1, -0.05) is 12.1 Å². The molecule has 28 heavy (non-hydrogen) atoms. The molecule has 1 aliphatic heterocycles. The Morgan fingerprint density at radius 2 is 1.75 bits per heavy atom. The first-order chi connectivity index (χ1) is 13.3. The molecule has 0 radical (unpaired) electrons. The third-order valence-electron chi connectivity index (χ3n) is 5.14. The standard InChI is InChI=1S/C19H24F3N3O3/c1-28-18(27)24-10-8-15(9-11-24)23-17(26)25(16-6-7-16)12-13-2-4-14(5-3-13)19(20,21)22/h2-5,15-16H,6-12H2,1H3,(H,23,26). The van der Waals surface area contributed by atoms with Crippen LogP contribution < -0.4 is 5.32 Å². The summed E-state index contributed by atoms with van der Waals surface area (Å²) in [5.74, 6) is 0. The molecule has 1 N–H and O–H groups in total. The highest BCUT2D eigenvalue weighted by Crippen LogP contribution is 2.31. The van der Waals surface area contributed by atoms with E-state index in [0.29, 0.717) is 31.5 Å². The van der Waals surface area contributed by atoms with Gasteiger partial charge in [-0.3, -0.25) is 0 Å². The van der Waals surface area contributed by atoms with E-state index in [-0.39, 0.29) is 30.8 Å². The van der Waals surface area contributed by atoms with Crippen molar-refractivity contribution in [1.29, 1.82) is 0 Å². The summed E-state index contributed by atoms with van der Waals surface area (Å²) in [6.07, 6.45) is -1.67. The van der Waals surface area contributed by atoms with E-state index in [4.69, 9.17) is 4.74 Å². The van der Waals surface area contributed by atoms with E-state index in [1.807, 2.05) is 0 Å². The maximum absolute atomic E-state index is 12.7. The molecule has 0 atom stereocenters. The number of hydrogen-bond acceptors (Lipinski definition) is 3. The average Bonchev–Trinajstić information content (AvgIpc) is 3.50. The van der Waals surface area contributed by atoms with E-state index in [9.17, 15) is 22.8 Å². The zero-order chi connectivity index (χ0) is 20.3. The van der Waals surface area contributed by atoms with Gasteiger partial charge in [-0.2, -0.15) is 13.2 Å². The zero-order valence-corrected chi connectivity index (χ0v) is 15.7. The van der Waals surface area contributed by atoms with Gasteiger partial charge in [-0.05, 0) is 43.4 Å². The number of hydrogen-bond donors (Lipinski definition) is 1. The van der Waals surface area contributed by atoms with E-state index in [2.05, 4.69) is 5.32 Å². The molecule has 3 rings (SSSR count). The lowest BCUT2D eigenvalue weighted by Crippen LogP contribution is -2.50. The minimum absolute atomic E-state index is 0.0396. The number of carbonyl (C=O) groups is 2. The molecule has 1 saturated carbocycles. The fourth-order valence-electron chi connectivity index (χ4n) is 3.34. The van der Waals surface area contributed by atoms with Crippen LogP contribution in [-0.4, -0.2) is 54.2 Å². The van der Waals surface area contributed by atoms with Crippen molar-refractivity contribution in [2.75, 3.05) is 20.2 Å². The Labute approximate surface area is 161 Å². The Kier molecular flexibility index (Phi) is 6.00. The smallest absolute Gasteiger partial charge is 0.416 e. The quantitative estimate of drug-likeness (QED) is 0.841. The maximum Gasteiger partial charge on any atom is 0.416 e. The van der Waals surface area contributed by atoms with Crippen molar-refractivity contribution >= 4 is 12.1 Å². The Hall–Kier alpha value is -2.45. The van der Waals surface area contributed by atoms with E-state index in [0.717, 1.165) is 25.0 Å². The summed E-state index contributed by atoms with van der Waals surface area (Å²) in [7, 11) is 1.34. The molecule has 1 heterocycles. The number of benzene rings is 1. The van der Waals surface area contributed by atoms with E-state index >= 15 is 0 Å². The van der Waals surface area contributed by atoms with Gasteiger partial charge in [0.2, 0.25) is 0 Å². The molecule has 0 bridgehead atoms. The largest absolute Gasteiger partial charge is 0.453 e. The van der Waals surface area contributed by atoms with Crippen molar-refractivity contribution in [3.8, 4) is 0 Å². The SMILES string of the molecule is COC(=O)N1CCC(NC(=O)N(Cc2ccc(C(F)(F)F)cc2)C2CC2)CC1. The highest BCUT2D eigenvalue weighted by molar-refractivity contribution is 5.75. The Bertz CT molecular complexity index is 697. The summed E-state index contributed by atoms with van der Waals surface area (Å²) in [4.78, 5) is 27.5. The number of likely N-dealkylation sites (tertiary alicyclic amines) is 1. The van der Waals surface area contributed by atoms with E-state index < -0.39 is 11.7 Å². The molecule has 154 valence electrons. The van der Waals surface area contributed by atoms with Gasteiger partial charge in [0.1, 0.15) is 0 Å². The highest BCUT2D eigenvalue weighted by atomic mass is 19.4. The number of rotatable bonds is 4. The summed E-state index contributed by atoms with van der Waals surface area (Å²) in [6.45, 7) is 1.30. The predicted octanol–water partition coefficient (Wildman–Crippen LogP) is 3.61. The molecule has 2 aliphatic rings. The number of carbonyl (C=O) groups excluding carboxylic acids is 2. The van der Waals surface area contributed by atoms with Gasteiger partial charge in [0.15, 0.2) is 0 Å². The van der Waals surface area contributed by atoms with Gasteiger partial charge in [-0.25, -0.2) is 9.59 Å². The number of amides is 3. The normalized spacial score (nSPS) is 17.9. The highest BCUT2D eigenvalue weighted by Gasteiger charge is 2.35. The molecule has 1 aliphatic carbocycles. The molecular formula is C19H24F3N3O3. The third-order valence-corrected chi connectivity index (χ3v) is 5.14. The molecular weight excluding hydrogens is 375 g/mol. The van der Waals surface area contributed by atoms with Gasteiger partial charge < -0.3 is 19.9 Å². The number of halogens is 3. The summed E-state index contributed by atoms with van der Waals surface area (Å²) in [5, 5.41) is 3.00. The van der Waals surface area contributed by atoms with Crippen molar-refractivity contribution < 1.29 is 27.5 Å². The maximum atomic E-state index is 12.7. The van der Waals surface area contributed by atoms with Crippen LogP contribution in [0.3, 0.4) is 0 Å². The second kappa shape index (κ2) is 8.28. The lowest BCUT2D eigenvalue weighted by atomic mass is 10.1. The molecule has 0 aromatic heterocycles. The van der Waals surface area contributed by atoms with Crippen molar-refractivity contribution in [1.82, 2.24) is 15.1 Å². The minimum atomic E-state index is -4.37. The van der Waals surface area contributed by atoms with Crippen molar-refractivity contribution in [3.05, 3.63) is 35.4 Å². The van der Waals surface area contributed by atoms with Crippen LogP contribution in [0, 0.1) is 0 Å². The fraction of sp³-hybridized carbons (Fsp3) is 0.579. The molecule has 1 saturated heterocycles. The summed E-state index contributed by atoms with van der Waals surface area (Å²) in [5.41, 5.74) is -0.0356. The number of ether oxygens (including phenoxy) is 1. The van der Waals surface area contributed by atoms with Gasteiger partial charge in [-0.15, -0.1) is 0 Å². The second-order valence-electron chi connectivity index (χ2n) is 7.23. The van der Waals surface area contributed by atoms with Gasteiger partial charge in [0.25, 0.3) is 0 Å². The van der Waals surface area contributed by atoms with Crippen LogP contribution in [0.2, 0.25) is 0 Å². The first-order valence-electron chi connectivity index (χ1n) is 9.34. The lowest BCUT2D eigenvalue weighted by Gasteiger charge is -2.33. The Morgan fingerprint density at radius 1 is 1.14 bits per heavy atom. The van der Waals surface area contributed by atoms with E-state index in [1.54, 1.807) is 9.80 Å². The predicted molar refractivity (Wildman–Crippen MR) is 95.5 cm³/mol. The monoisotopic (exact) mass is 399 g/mol. The van der Waals surface area contributed by atoms with Crippen LogP contribution in [0.4, 0.5) is 22.8 Å². The van der Waals surface area contributed by atoms with Gasteiger partial charge in [0, 0.05) is 31.7 Å². The Balaban J connectivity index is 1.56. The van der Waals surface area contributed by atoms with Crippen molar-refractivity contribution in [3.63, 3.8) is 0 Å². The summed E-state index contributed by atoms with van der Waals surface area (Å²) >= 11 is 0. The average molecular weight is 399 g/mol. The lowest BCUT2D eigenvalue weighted by molar-refractivity contribution is -0.137. The van der Waals surface area contributed by atoms with Crippen LogP contribution in [0.25, 0.3) is 0 Å². The van der Waals surface area contributed by atoms with Gasteiger partial charge >= 0.3 is 18.3 Å². The number of nitrogens with one attached hydrogen (secondary N) is 1. The van der Waals surface area contributed by atoms with Crippen LogP contribution in [0.15, 0.2) is 24.3 Å². The first kappa shape index (κ1) is 20.3. The van der Waals surface area contributed by atoms with Crippen LogP contribution >= 0.6 is 0 Å². The first-order valence-corrected chi connectivity index (χ1v) is 9.34. The molecule has 2 fully saturated rings. The molecule has 3 amide bonds.